The predicted molar refractivity (Wildman–Crippen MR) is 117 cm³/mol. The molecule has 2 aromatic carbocycles. The van der Waals surface area contributed by atoms with Gasteiger partial charge in [0.15, 0.2) is 0 Å². The number of aryl methyl sites for hydroxylation is 2. The molecule has 0 spiro atoms. The number of anilines is 1. The van der Waals surface area contributed by atoms with Gasteiger partial charge in [-0.2, -0.15) is 4.98 Å². The predicted octanol–water partition coefficient (Wildman–Crippen LogP) is 5.81. The van der Waals surface area contributed by atoms with Crippen molar-refractivity contribution in [2.75, 3.05) is 12.4 Å². The van der Waals surface area contributed by atoms with E-state index in [0.29, 0.717) is 17.5 Å². The van der Waals surface area contributed by atoms with Gasteiger partial charge in [-0.25, -0.2) is 9.37 Å². The van der Waals surface area contributed by atoms with Crippen molar-refractivity contribution in [3.63, 3.8) is 0 Å². The fourth-order valence-electron chi connectivity index (χ4n) is 3.09. The summed E-state index contributed by atoms with van der Waals surface area (Å²) in [7, 11) is 1.79. The monoisotopic (exact) mass is 420 g/mol. The van der Waals surface area contributed by atoms with Crippen molar-refractivity contribution in [2.45, 2.75) is 24.0 Å². The summed E-state index contributed by atoms with van der Waals surface area (Å²) < 4.78 is 19.6. The van der Waals surface area contributed by atoms with E-state index in [1.165, 1.54) is 23.3 Å². The first-order valence-electron chi connectivity index (χ1n) is 9.51. The molecule has 4 rings (SSSR count). The van der Waals surface area contributed by atoms with E-state index in [9.17, 15) is 4.39 Å². The number of hydrogen-bond acceptors (Lipinski definition) is 6. The molecule has 0 saturated carbocycles. The zero-order chi connectivity index (χ0) is 21.1. The lowest BCUT2D eigenvalue weighted by molar-refractivity contribution is 0.384. The highest BCUT2D eigenvalue weighted by Crippen LogP contribution is 2.41. The Hall–Kier alpha value is -3.19. The summed E-state index contributed by atoms with van der Waals surface area (Å²) >= 11 is 1.55. The van der Waals surface area contributed by atoms with Crippen LogP contribution in [0.25, 0.3) is 11.4 Å². The molecule has 0 saturated heterocycles. The van der Waals surface area contributed by atoms with Gasteiger partial charge < -0.3 is 9.84 Å². The second-order valence-corrected chi connectivity index (χ2v) is 8.08. The van der Waals surface area contributed by atoms with Crippen LogP contribution in [0.2, 0.25) is 0 Å². The highest BCUT2D eigenvalue weighted by Gasteiger charge is 2.24. The van der Waals surface area contributed by atoms with Crippen molar-refractivity contribution in [3.05, 3.63) is 89.2 Å². The molecule has 0 aliphatic carbocycles. The molecule has 30 heavy (non-hydrogen) atoms. The number of thioether (sulfide) groups is 1. The van der Waals surface area contributed by atoms with Gasteiger partial charge in [0.05, 0.1) is 5.56 Å². The normalized spacial score (nSPS) is 12.0. The Morgan fingerprint density at radius 2 is 1.90 bits per heavy atom. The van der Waals surface area contributed by atoms with E-state index in [-0.39, 0.29) is 11.1 Å². The number of nitrogens with one attached hydrogen (secondary N) is 1. The summed E-state index contributed by atoms with van der Waals surface area (Å²) in [6.07, 6.45) is 1.70. The molecule has 152 valence electrons. The van der Waals surface area contributed by atoms with Gasteiger partial charge in [-0.05, 0) is 66.9 Å². The van der Waals surface area contributed by atoms with E-state index in [2.05, 4.69) is 52.5 Å². The molecule has 0 aliphatic rings. The van der Waals surface area contributed by atoms with E-state index >= 15 is 0 Å². The van der Waals surface area contributed by atoms with Gasteiger partial charge >= 0.3 is 0 Å². The van der Waals surface area contributed by atoms with Crippen LogP contribution >= 0.6 is 11.8 Å². The molecular formula is C23H21FN4OS. The second kappa shape index (κ2) is 8.67. The van der Waals surface area contributed by atoms with Crippen LogP contribution in [0.15, 0.2) is 70.2 Å². The average molecular weight is 421 g/mol. The van der Waals surface area contributed by atoms with Crippen molar-refractivity contribution < 1.29 is 8.91 Å². The van der Waals surface area contributed by atoms with Gasteiger partial charge in [-0.15, -0.1) is 11.8 Å². The Morgan fingerprint density at radius 1 is 1.03 bits per heavy atom. The minimum Gasteiger partial charge on any atom is -0.373 e. The minimum atomic E-state index is -0.348. The first-order chi connectivity index (χ1) is 14.5. The SMILES string of the molecule is CNc1ncccc1-c1noc(C(Sc2ccc(C)c(C)c2)c2cccc(F)c2)n1. The van der Waals surface area contributed by atoms with Crippen LogP contribution in [0.4, 0.5) is 10.2 Å². The zero-order valence-corrected chi connectivity index (χ0v) is 17.7. The molecule has 5 nitrogen and oxygen atoms in total. The molecule has 0 amide bonds. The van der Waals surface area contributed by atoms with Crippen LogP contribution in [0.5, 0.6) is 0 Å². The molecule has 1 atom stereocenters. The Bertz CT molecular complexity index is 1180. The molecule has 4 aromatic rings. The second-order valence-electron chi connectivity index (χ2n) is 6.90. The summed E-state index contributed by atoms with van der Waals surface area (Å²) in [6.45, 7) is 4.15. The van der Waals surface area contributed by atoms with Gasteiger partial charge in [-0.1, -0.05) is 23.4 Å². The summed E-state index contributed by atoms with van der Waals surface area (Å²) in [4.78, 5) is 9.97. The third-order valence-electron chi connectivity index (χ3n) is 4.84. The minimum absolute atomic E-state index is 0.303. The average Bonchev–Trinajstić information content (AvgIpc) is 3.24. The van der Waals surface area contributed by atoms with Crippen molar-refractivity contribution in [1.82, 2.24) is 15.1 Å². The summed E-state index contributed by atoms with van der Waals surface area (Å²) in [6, 6.07) is 16.4. The maximum atomic E-state index is 14.0. The molecule has 0 radical (unpaired) electrons. The molecule has 0 aliphatic heterocycles. The van der Waals surface area contributed by atoms with Crippen molar-refractivity contribution in [2.24, 2.45) is 0 Å². The maximum Gasteiger partial charge on any atom is 0.244 e. The van der Waals surface area contributed by atoms with E-state index in [4.69, 9.17) is 4.52 Å². The highest BCUT2D eigenvalue weighted by molar-refractivity contribution is 7.99. The standard InChI is InChI=1S/C23H21FN4OS/c1-14-9-10-18(12-15(14)2)30-20(16-6-4-7-17(24)13-16)23-27-22(28-29-23)19-8-5-11-26-21(19)25-3/h4-13,20H,1-3H3,(H,25,26). The highest BCUT2D eigenvalue weighted by atomic mass is 32.2. The van der Waals surface area contributed by atoms with Crippen LogP contribution in [-0.4, -0.2) is 22.2 Å². The third kappa shape index (κ3) is 4.21. The van der Waals surface area contributed by atoms with E-state index in [0.717, 1.165) is 16.0 Å². The van der Waals surface area contributed by atoms with Gasteiger partial charge in [0, 0.05) is 18.1 Å². The Balaban J connectivity index is 1.74. The van der Waals surface area contributed by atoms with Crippen LogP contribution in [-0.2, 0) is 0 Å². The number of benzene rings is 2. The molecule has 0 fully saturated rings. The number of pyridine rings is 1. The number of halogens is 1. The summed E-state index contributed by atoms with van der Waals surface area (Å²) in [5.41, 5.74) is 3.91. The molecule has 2 heterocycles. The largest absolute Gasteiger partial charge is 0.373 e. The van der Waals surface area contributed by atoms with Gasteiger partial charge in [-0.3, -0.25) is 0 Å². The van der Waals surface area contributed by atoms with Gasteiger partial charge in [0.1, 0.15) is 16.9 Å². The number of hydrogen-bond donors (Lipinski definition) is 1. The molecule has 0 bridgehead atoms. The van der Waals surface area contributed by atoms with Gasteiger partial charge in [0.2, 0.25) is 11.7 Å². The molecular weight excluding hydrogens is 399 g/mol. The van der Waals surface area contributed by atoms with Crippen LogP contribution in [0, 0.1) is 19.7 Å². The third-order valence-corrected chi connectivity index (χ3v) is 6.07. The molecule has 2 aromatic heterocycles. The topological polar surface area (TPSA) is 63.8 Å². The Labute approximate surface area is 178 Å². The lowest BCUT2D eigenvalue weighted by Crippen LogP contribution is -1.99. The van der Waals surface area contributed by atoms with Crippen molar-refractivity contribution in [3.8, 4) is 11.4 Å². The summed E-state index contributed by atoms with van der Waals surface area (Å²) in [5.74, 6) is 1.20. The lowest BCUT2D eigenvalue weighted by atomic mass is 10.1. The van der Waals surface area contributed by atoms with Gasteiger partial charge in [0.25, 0.3) is 0 Å². The molecule has 7 heteroatoms. The number of rotatable bonds is 6. The van der Waals surface area contributed by atoms with Crippen LogP contribution in [0.1, 0.15) is 27.8 Å². The first kappa shape index (κ1) is 20.1. The first-order valence-corrected chi connectivity index (χ1v) is 10.4. The number of nitrogens with zero attached hydrogens (tertiary/aromatic N) is 3. The van der Waals surface area contributed by atoms with E-state index in [1.54, 1.807) is 31.1 Å². The summed E-state index contributed by atoms with van der Waals surface area (Å²) in [5, 5.41) is 6.85. The zero-order valence-electron chi connectivity index (χ0n) is 16.9. The quantitative estimate of drug-likeness (QED) is 0.397. The maximum absolute atomic E-state index is 14.0. The van der Waals surface area contributed by atoms with Crippen LogP contribution in [0.3, 0.4) is 0 Å². The Morgan fingerprint density at radius 3 is 2.67 bits per heavy atom. The fourth-order valence-corrected chi connectivity index (χ4v) is 4.23. The van der Waals surface area contributed by atoms with Crippen molar-refractivity contribution in [1.29, 1.82) is 0 Å². The fraction of sp³-hybridized carbons (Fsp3) is 0.174. The van der Waals surface area contributed by atoms with E-state index in [1.807, 2.05) is 18.2 Å². The van der Waals surface area contributed by atoms with E-state index < -0.39 is 0 Å². The van der Waals surface area contributed by atoms with Crippen LogP contribution < -0.4 is 5.32 Å². The Kier molecular flexibility index (Phi) is 5.81. The molecule has 1 N–H and O–H groups in total. The molecule has 1 unspecified atom stereocenters. The smallest absolute Gasteiger partial charge is 0.244 e. The number of aromatic nitrogens is 3. The van der Waals surface area contributed by atoms with Crippen molar-refractivity contribution >= 4 is 17.6 Å². The lowest BCUT2D eigenvalue weighted by Gasteiger charge is -2.14.